The quantitative estimate of drug-likeness (QED) is 0.898. The van der Waals surface area contributed by atoms with Crippen molar-refractivity contribution < 1.29 is 9.47 Å². The lowest BCUT2D eigenvalue weighted by molar-refractivity contribution is 0.292. The molecule has 0 aliphatic carbocycles. The molecule has 0 amide bonds. The van der Waals surface area contributed by atoms with Crippen molar-refractivity contribution in [1.82, 2.24) is 0 Å². The summed E-state index contributed by atoms with van der Waals surface area (Å²) in [5, 5.41) is 0.658. The molecule has 21 heavy (non-hydrogen) atoms. The zero-order valence-electron chi connectivity index (χ0n) is 12.5. The number of rotatable bonds is 5. The molecule has 3 nitrogen and oxygen atoms in total. The molecule has 2 aromatic carbocycles. The maximum atomic E-state index is 6.03. The van der Waals surface area contributed by atoms with Crippen molar-refractivity contribution in [3.63, 3.8) is 0 Å². The summed E-state index contributed by atoms with van der Waals surface area (Å²) in [4.78, 5) is 0. The van der Waals surface area contributed by atoms with Crippen LogP contribution in [-0.4, -0.2) is 7.11 Å². The van der Waals surface area contributed by atoms with E-state index in [1.807, 2.05) is 38.1 Å². The van der Waals surface area contributed by atoms with Gasteiger partial charge < -0.3 is 15.2 Å². The summed E-state index contributed by atoms with van der Waals surface area (Å²) in [5.41, 5.74) is 9.07. The van der Waals surface area contributed by atoms with Crippen LogP contribution in [0, 0.1) is 6.92 Å². The van der Waals surface area contributed by atoms with Crippen molar-refractivity contribution >= 4 is 11.6 Å². The maximum absolute atomic E-state index is 6.03. The van der Waals surface area contributed by atoms with Crippen LogP contribution < -0.4 is 15.2 Å². The first kappa shape index (κ1) is 15.7. The Morgan fingerprint density at radius 1 is 1.14 bits per heavy atom. The molecule has 2 rings (SSSR count). The monoisotopic (exact) mass is 305 g/mol. The first-order chi connectivity index (χ1) is 10.0. The highest BCUT2D eigenvalue weighted by molar-refractivity contribution is 6.30. The van der Waals surface area contributed by atoms with Crippen molar-refractivity contribution in [2.75, 3.05) is 7.11 Å². The Morgan fingerprint density at radius 3 is 2.52 bits per heavy atom. The van der Waals surface area contributed by atoms with Crippen molar-refractivity contribution in [1.29, 1.82) is 0 Å². The van der Waals surface area contributed by atoms with Crippen molar-refractivity contribution in [2.45, 2.75) is 26.5 Å². The summed E-state index contributed by atoms with van der Waals surface area (Å²) in [6.07, 6.45) is 0. The van der Waals surface area contributed by atoms with E-state index in [0.717, 1.165) is 28.2 Å². The lowest BCUT2D eigenvalue weighted by Crippen LogP contribution is -2.08. The average Bonchev–Trinajstić information content (AvgIpc) is 2.46. The van der Waals surface area contributed by atoms with Gasteiger partial charge in [0, 0.05) is 22.2 Å². The molecule has 0 spiro atoms. The van der Waals surface area contributed by atoms with Crippen LogP contribution in [0.3, 0.4) is 0 Å². The Morgan fingerprint density at radius 2 is 1.86 bits per heavy atom. The highest BCUT2D eigenvalue weighted by atomic mass is 35.5. The fraction of sp³-hybridized carbons (Fsp3) is 0.294. The maximum Gasteiger partial charge on any atom is 0.125 e. The number of nitrogens with two attached hydrogens (primary N) is 1. The van der Waals surface area contributed by atoms with E-state index < -0.39 is 0 Å². The number of halogens is 1. The minimum Gasteiger partial charge on any atom is -0.496 e. The molecule has 0 aliphatic heterocycles. The topological polar surface area (TPSA) is 44.5 Å². The van der Waals surface area contributed by atoms with Crippen LogP contribution >= 0.6 is 11.6 Å². The standard InChI is InChI=1S/C17H20ClNO2/c1-11-4-6-17(15(8-11)12(2)19)21-10-13-9-14(18)5-7-16(13)20-3/h4-9,12H,10,19H2,1-3H3/t12-/m1/s1. The van der Waals surface area contributed by atoms with E-state index in [9.17, 15) is 0 Å². The molecule has 0 radical (unpaired) electrons. The van der Waals surface area contributed by atoms with Crippen molar-refractivity contribution in [3.8, 4) is 11.5 Å². The molecule has 0 fully saturated rings. The molecule has 0 aromatic heterocycles. The molecular formula is C17H20ClNO2. The van der Waals surface area contributed by atoms with E-state index in [1.54, 1.807) is 13.2 Å². The van der Waals surface area contributed by atoms with Crippen LogP contribution in [-0.2, 0) is 6.61 Å². The third-order valence-corrected chi connectivity index (χ3v) is 3.52. The number of hydrogen-bond donors (Lipinski definition) is 1. The number of aryl methyl sites for hydroxylation is 1. The minimum atomic E-state index is -0.0823. The number of hydrogen-bond acceptors (Lipinski definition) is 3. The Labute approximate surface area is 130 Å². The lowest BCUT2D eigenvalue weighted by Gasteiger charge is -2.16. The summed E-state index contributed by atoms with van der Waals surface area (Å²) >= 11 is 6.03. The molecular weight excluding hydrogens is 286 g/mol. The molecule has 0 heterocycles. The average molecular weight is 306 g/mol. The van der Waals surface area contributed by atoms with Gasteiger partial charge in [-0.05, 0) is 38.1 Å². The van der Waals surface area contributed by atoms with E-state index in [-0.39, 0.29) is 6.04 Å². The smallest absolute Gasteiger partial charge is 0.125 e. The van der Waals surface area contributed by atoms with Gasteiger partial charge in [0.25, 0.3) is 0 Å². The normalized spacial score (nSPS) is 12.0. The van der Waals surface area contributed by atoms with E-state index in [2.05, 4.69) is 6.07 Å². The fourth-order valence-electron chi connectivity index (χ4n) is 2.17. The Kier molecular flexibility index (Phi) is 5.10. The first-order valence-corrected chi connectivity index (χ1v) is 7.20. The second kappa shape index (κ2) is 6.83. The number of methoxy groups -OCH3 is 1. The Hall–Kier alpha value is -1.71. The zero-order chi connectivity index (χ0) is 15.4. The molecule has 0 bridgehead atoms. The third-order valence-electron chi connectivity index (χ3n) is 3.28. The van der Waals surface area contributed by atoms with Gasteiger partial charge >= 0.3 is 0 Å². The van der Waals surface area contributed by atoms with Gasteiger partial charge in [-0.3, -0.25) is 0 Å². The summed E-state index contributed by atoms with van der Waals surface area (Å²) in [6.45, 7) is 4.36. The first-order valence-electron chi connectivity index (χ1n) is 6.82. The predicted molar refractivity (Wildman–Crippen MR) is 86.1 cm³/mol. The van der Waals surface area contributed by atoms with E-state index >= 15 is 0 Å². The SMILES string of the molecule is COc1ccc(Cl)cc1COc1ccc(C)cc1[C@@H](C)N. The number of ether oxygens (including phenoxy) is 2. The van der Waals surface area contributed by atoms with Gasteiger partial charge in [0.15, 0.2) is 0 Å². The van der Waals surface area contributed by atoms with Gasteiger partial charge in [-0.15, -0.1) is 0 Å². The highest BCUT2D eigenvalue weighted by Crippen LogP contribution is 2.28. The molecule has 0 saturated heterocycles. The van der Waals surface area contributed by atoms with Crippen molar-refractivity contribution in [3.05, 3.63) is 58.1 Å². The summed E-state index contributed by atoms with van der Waals surface area (Å²) in [5.74, 6) is 1.55. The summed E-state index contributed by atoms with van der Waals surface area (Å²) < 4.78 is 11.2. The number of benzene rings is 2. The molecule has 2 aromatic rings. The molecule has 0 unspecified atom stereocenters. The minimum absolute atomic E-state index is 0.0823. The summed E-state index contributed by atoms with van der Waals surface area (Å²) in [6, 6.07) is 11.4. The van der Waals surface area contributed by atoms with Gasteiger partial charge in [-0.1, -0.05) is 29.3 Å². The molecule has 2 N–H and O–H groups in total. The predicted octanol–water partition coefficient (Wildman–Crippen LogP) is 4.26. The van der Waals surface area contributed by atoms with E-state index in [0.29, 0.717) is 11.6 Å². The van der Waals surface area contributed by atoms with Crippen LogP contribution in [0.25, 0.3) is 0 Å². The lowest BCUT2D eigenvalue weighted by atomic mass is 10.1. The van der Waals surface area contributed by atoms with Gasteiger partial charge in [-0.2, -0.15) is 0 Å². The Balaban J connectivity index is 2.22. The van der Waals surface area contributed by atoms with Crippen LogP contribution in [0.4, 0.5) is 0 Å². The van der Waals surface area contributed by atoms with Crippen LogP contribution in [0.5, 0.6) is 11.5 Å². The Bertz CT molecular complexity index is 626. The van der Waals surface area contributed by atoms with E-state index in [4.69, 9.17) is 26.8 Å². The molecule has 1 atom stereocenters. The van der Waals surface area contributed by atoms with E-state index in [1.165, 1.54) is 0 Å². The zero-order valence-corrected chi connectivity index (χ0v) is 13.3. The fourth-order valence-corrected chi connectivity index (χ4v) is 2.37. The summed E-state index contributed by atoms with van der Waals surface area (Å²) in [7, 11) is 1.63. The van der Waals surface area contributed by atoms with Crippen LogP contribution in [0.15, 0.2) is 36.4 Å². The third kappa shape index (κ3) is 3.90. The van der Waals surface area contributed by atoms with Gasteiger partial charge in [-0.25, -0.2) is 0 Å². The second-order valence-electron chi connectivity index (χ2n) is 5.07. The highest BCUT2D eigenvalue weighted by Gasteiger charge is 2.10. The van der Waals surface area contributed by atoms with Gasteiger partial charge in [0.05, 0.1) is 7.11 Å². The largest absolute Gasteiger partial charge is 0.496 e. The second-order valence-corrected chi connectivity index (χ2v) is 5.51. The molecule has 112 valence electrons. The molecule has 0 aliphatic rings. The van der Waals surface area contributed by atoms with Crippen LogP contribution in [0.1, 0.15) is 29.7 Å². The van der Waals surface area contributed by atoms with Crippen molar-refractivity contribution in [2.24, 2.45) is 5.73 Å². The van der Waals surface area contributed by atoms with Gasteiger partial charge in [0.1, 0.15) is 18.1 Å². The molecule has 0 saturated carbocycles. The van der Waals surface area contributed by atoms with Crippen LogP contribution in [0.2, 0.25) is 5.02 Å². The molecule has 4 heteroatoms. The van der Waals surface area contributed by atoms with Gasteiger partial charge in [0.2, 0.25) is 0 Å².